The Bertz CT molecular complexity index is 1030. The number of carbonyl (C=O) groups excluding carboxylic acids is 3. The van der Waals surface area contributed by atoms with Crippen LogP contribution in [0.25, 0.3) is 10.8 Å². The molecule has 0 saturated carbocycles. The summed E-state index contributed by atoms with van der Waals surface area (Å²) in [5.41, 5.74) is 1.48. The molecule has 1 aliphatic rings. The highest BCUT2D eigenvalue weighted by Gasteiger charge is 2.32. The second kappa shape index (κ2) is 6.85. The van der Waals surface area contributed by atoms with Crippen LogP contribution in [0.15, 0.2) is 60.7 Å². The lowest BCUT2D eigenvalue weighted by molar-refractivity contribution is 0.0607. The van der Waals surface area contributed by atoms with E-state index in [0.29, 0.717) is 27.1 Å². The van der Waals surface area contributed by atoms with Crippen LogP contribution in [0.4, 0.5) is 0 Å². The molecule has 0 radical (unpaired) electrons. The summed E-state index contributed by atoms with van der Waals surface area (Å²) in [4.78, 5) is 38.9. The third kappa shape index (κ3) is 3.06. The Morgan fingerprint density at radius 3 is 2.07 bits per heavy atom. The second-order valence-corrected chi connectivity index (χ2v) is 6.67. The first-order chi connectivity index (χ1) is 13.1. The Labute approximate surface area is 160 Å². The lowest BCUT2D eigenvalue weighted by Crippen LogP contribution is -2.44. The van der Waals surface area contributed by atoms with E-state index in [1.165, 1.54) is 4.90 Å². The highest BCUT2D eigenvalue weighted by molar-refractivity contribution is 6.30. The van der Waals surface area contributed by atoms with Gasteiger partial charge in [-0.25, -0.2) is 0 Å². The molecule has 3 aromatic carbocycles. The van der Waals surface area contributed by atoms with Gasteiger partial charge in [-0.3, -0.25) is 19.3 Å². The highest BCUT2D eigenvalue weighted by Crippen LogP contribution is 2.29. The fraction of sp³-hybridized carbons (Fsp3) is 0.0952. The van der Waals surface area contributed by atoms with Crippen molar-refractivity contribution in [3.8, 4) is 0 Å². The molecule has 3 amide bonds. The molecule has 27 heavy (non-hydrogen) atoms. The summed E-state index contributed by atoms with van der Waals surface area (Å²) in [6.45, 7) is 0.263. The molecule has 0 aromatic heterocycles. The first-order valence-corrected chi connectivity index (χ1v) is 8.86. The molecule has 0 saturated heterocycles. The van der Waals surface area contributed by atoms with E-state index >= 15 is 0 Å². The van der Waals surface area contributed by atoms with Crippen molar-refractivity contribution in [3.05, 3.63) is 82.4 Å². The van der Waals surface area contributed by atoms with Gasteiger partial charge in [0.05, 0.1) is 0 Å². The van der Waals surface area contributed by atoms with Gasteiger partial charge in [0, 0.05) is 40.2 Å². The summed E-state index contributed by atoms with van der Waals surface area (Å²) < 4.78 is 0. The van der Waals surface area contributed by atoms with Crippen LogP contribution in [0.1, 0.15) is 31.1 Å². The topological polar surface area (TPSA) is 66.5 Å². The zero-order valence-corrected chi connectivity index (χ0v) is 15.0. The fourth-order valence-corrected chi connectivity index (χ4v) is 3.39. The van der Waals surface area contributed by atoms with Crippen molar-refractivity contribution in [1.82, 2.24) is 10.2 Å². The van der Waals surface area contributed by atoms with Crippen molar-refractivity contribution in [2.45, 2.75) is 0 Å². The number of hydrogen-bond acceptors (Lipinski definition) is 3. The van der Waals surface area contributed by atoms with Crippen molar-refractivity contribution in [2.75, 3.05) is 13.1 Å². The first-order valence-electron chi connectivity index (χ1n) is 8.48. The van der Waals surface area contributed by atoms with Crippen LogP contribution in [0.3, 0.4) is 0 Å². The van der Waals surface area contributed by atoms with Crippen molar-refractivity contribution < 1.29 is 14.4 Å². The lowest BCUT2D eigenvalue weighted by Gasteiger charge is -2.27. The third-order valence-corrected chi connectivity index (χ3v) is 4.84. The van der Waals surface area contributed by atoms with Crippen LogP contribution >= 0.6 is 11.6 Å². The van der Waals surface area contributed by atoms with Crippen molar-refractivity contribution in [3.63, 3.8) is 0 Å². The Balaban J connectivity index is 1.50. The van der Waals surface area contributed by atoms with Crippen LogP contribution in [-0.4, -0.2) is 35.7 Å². The minimum atomic E-state index is -0.343. The van der Waals surface area contributed by atoms with E-state index in [0.717, 1.165) is 5.39 Å². The summed E-state index contributed by atoms with van der Waals surface area (Å²) >= 11 is 5.82. The minimum Gasteiger partial charge on any atom is -0.350 e. The Morgan fingerprint density at radius 1 is 0.889 bits per heavy atom. The molecule has 1 N–H and O–H groups in total. The highest BCUT2D eigenvalue weighted by atomic mass is 35.5. The molecule has 0 atom stereocenters. The van der Waals surface area contributed by atoms with Crippen LogP contribution in [0.5, 0.6) is 0 Å². The van der Waals surface area contributed by atoms with Crippen molar-refractivity contribution in [1.29, 1.82) is 0 Å². The van der Waals surface area contributed by atoms with Crippen LogP contribution in [-0.2, 0) is 0 Å². The van der Waals surface area contributed by atoms with Gasteiger partial charge >= 0.3 is 0 Å². The van der Waals surface area contributed by atoms with Gasteiger partial charge in [-0.2, -0.15) is 0 Å². The van der Waals surface area contributed by atoms with E-state index in [1.54, 1.807) is 48.5 Å². The maximum absolute atomic E-state index is 12.8. The molecule has 0 unspecified atom stereocenters. The average molecular weight is 379 g/mol. The number of nitrogens with zero attached hydrogens (tertiary/aromatic N) is 1. The quantitative estimate of drug-likeness (QED) is 0.706. The van der Waals surface area contributed by atoms with Gasteiger partial charge in [-0.05, 0) is 41.8 Å². The number of imide groups is 1. The van der Waals surface area contributed by atoms with Gasteiger partial charge in [0.25, 0.3) is 17.7 Å². The van der Waals surface area contributed by atoms with E-state index in [2.05, 4.69) is 5.32 Å². The molecule has 0 aliphatic carbocycles. The van der Waals surface area contributed by atoms with E-state index in [-0.39, 0.29) is 30.8 Å². The summed E-state index contributed by atoms with van der Waals surface area (Å²) in [6.07, 6.45) is 0. The molecule has 4 rings (SSSR count). The predicted octanol–water partition coefficient (Wildman–Crippen LogP) is 3.52. The zero-order valence-electron chi connectivity index (χ0n) is 14.2. The van der Waals surface area contributed by atoms with Gasteiger partial charge in [-0.15, -0.1) is 0 Å². The Hall–Kier alpha value is -3.18. The van der Waals surface area contributed by atoms with Crippen LogP contribution in [0, 0.1) is 0 Å². The number of nitrogens with one attached hydrogen (secondary N) is 1. The molecule has 3 aromatic rings. The lowest BCUT2D eigenvalue weighted by atomic mass is 9.94. The Kier molecular flexibility index (Phi) is 4.38. The normalized spacial score (nSPS) is 13.1. The van der Waals surface area contributed by atoms with E-state index in [1.807, 2.05) is 12.1 Å². The van der Waals surface area contributed by atoms with Crippen LogP contribution < -0.4 is 5.32 Å². The van der Waals surface area contributed by atoms with Crippen molar-refractivity contribution in [2.24, 2.45) is 0 Å². The van der Waals surface area contributed by atoms with Crippen LogP contribution in [0.2, 0.25) is 5.02 Å². The fourth-order valence-electron chi connectivity index (χ4n) is 3.27. The largest absolute Gasteiger partial charge is 0.350 e. The molecule has 1 aliphatic heterocycles. The number of amides is 3. The third-order valence-electron chi connectivity index (χ3n) is 4.58. The van der Waals surface area contributed by atoms with Gasteiger partial charge in [0.15, 0.2) is 0 Å². The van der Waals surface area contributed by atoms with E-state index in [4.69, 9.17) is 11.6 Å². The van der Waals surface area contributed by atoms with E-state index < -0.39 is 0 Å². The Morgan fingerprint density at radius 2 is 1.48 bits per heavy atom. The first kappa shape index (κ1) is 17.2. The number of hydrogen-bond donors (Lipinski definition) is 1. The molecule has 5 nitrogen and oxygen atoms in total. The van der Waals surface area contributed by atoms with Gasteiger partial charge in [-0.1, -0.05) is 35.9 Å². The smallest absolute Gasteiger partial charge is 0.261 e. The van der Waals surface area contributed by atoms with Crippen molar-refractivity contribution >= 4 is 40.1 Å². The number of carbonyl (C=O) groups is 3. The summed E-state index contributed by atoms with van der Waals surface area (Å²) in [7, 11) is 0. The summed E-state index contributed by atoms with van der Waals surface area (Å²) in [5.74, 6) is -0.971. The van der Waals surface area contributed by atoms with Gasteiger partial charge in [0.1, 0.15) is 0 Å². The maximum Gasteiger partial charge on any atom is 0.261 e. The predicted molar refractivity (Wildman–Crippen MR) is 103 cm³/mol. The average Bonchev–Trinajstić information content (AvgIpc) is 2.69. The molecule has 6 heteroatoms. The molecule has 0 bridgehead atoms. The zero-order chi connectivity index (χ0) is 19.0. The molecule has 0 spiro atoms. The second-order valence-electron chi connectivity index (χ2n) is 6.23. The maximum atomic E-state index is 12.8. The standard InChI is InChI=1S/C21H15ClN2O3/c22-15-9-7-14(8-10-15)19(25)23-11-12-24-20(26)16-5-1-3-13-4-2-6-17(18(13)16)21(24)27/h1-10H,11-12H2,(H,23,25). The number of rotatable bonds is 4. The molecule has 0 fully saturated rings. The van der Waals surface area contributed by atoms with Gasteiger partial charge < -0.3 is 5.32 Å². The molecule has 134 valence electrons. The van der Waals surface area contributed by atoms with Gasteiger partial charge in [0.2, 0.25) is 0 Å². The number of halogens is 1. The summed E-state index contributed by atoms with van der Waals surface area (Å²) in [5, 5.41) is 4.83. The molecule has 1 heterocycles. The SMILES string of the molecule is O=C(NCCN1C(=O)c2cccc3cccc(c23)C1=O)c1ccc(Cl)cc1. The monoisotopic (exact) mass is 378 g/mol. The summed E-state index contributed by atoms with van der Waals surface area (Å²) in [6, 6.07) is 17.3. The molecular weight excluding hydrogens is 364 g/mol. The van der Waals surface area contributed by atoms with E-state index in [9.17, 15) is 14.4 Å². The molecular formula is C21H15ClN2O3. The minimum absolute atomic E-state index is 0.0989. The number of benzene rings is 3.